The van der Waals surface area contributed by atoms with Crippen LogP contribution in [0.5, 0.6) is 5.75 Å². The minimum atomic E-state index is -0.470. The molecule has 46 heavy (non-hydrogen) atoms. The number of methoxy groups -OCH3 is 1. The van der Waals surface area contributed by atoms with Crippen LogP contribution in [0.3, 0.4) is 0 Å². The Morgan fingerprint density at radius 2 is 1.67 bits per heavy atom. The van der Waals surface area contributed by atoms with Gasteiger partial charge in [-0.15, -0.1) is 0 Å². The largest absolute Gasteiger partial charge is 0.497 e. The van der Waals surface area contributed by atoms with Crippen molar-refractivity contribution in [3.8, 4) is 23.2 Å². The molecule has 1 fully saturated rings. The van der Waals surface area contributed by atoms with Gasteiger partial charge in [0.05, 0.1) is 31.3 Å². The van der Waals surface area contributed by atoms with Gasteiger partial charge in [-0.3, -0.25) is 4.79 Å². The number of aromatic nitrogens is 2. The van der Waals surface area contributed by atoms with Crippen LogP contribution >= 0.6 is 0 Å². The molecular formula is C36H32N6O4. The van der Waals surface area contributed by atoms with Crippen molar-refractivity contribution in [2.45, 2.75) is 19.1 Å². The third-order valence-electron chi connectivity index (χ3n) is 7.87. The van der Waals surface area contributed by atoms with E-state index in [0.29, 0.717) is 42.7 Å². The van der Waals surface area contributed by atoms with E-state index < -0.39 is 18.0 Å². The molecular weight excluding hydrogens is 580 g/mol. The minimum Gasteiger partial charge on any atom is -0.497 e. The monoisotopic (exact) mass is 612 g/mol. The van der Waals surface area contributed by atoms with Gasteiger partial charge in [0.2, 0.25) is 0 Å². The first-order valence-corrected chi connectivity index (χ1v) is 14.9. The van der Waals surface area contributed by atoms with E-state index in [-0.39, 0.29) is 18.7 Å². The quantitative estimate of drug-likeness (QED) is 0.217. The number of fused-ring (bicyclic) bond motifs is 1. The number of amides is 2. The Morgan fingerprint density at radius 3 is 2.43 bits per heavy atom. The molecule has 0 spiro atoms. The summed E-state index contributed by atoms with van der Waals surface area (Å²) in [5, 5.41) is 14.4. The Balaban J connectivity index is 1.28. The Kier molecular flexibility index (Phi) is 9.02. The van der Waals surface area contributed by atoms with Crippen LogP contribution in [0.2, 0.25) is 0 Å². The highest BCUT2D eigenvalue weighted by Gasteiger charge is 2.32. The number of hydrogen-bond acceptors (Lipinski definition) is 8. The predicted octanol–water partition coefficient (Wildman–Crippen LogP) is 6.30. The minimum absolute atomic E-state index is 0.115. The van der Waals surface area contributed by atoms with Crippen molar-refractivity contribution in [1.82, 2.24) is 14.9 Å². The average Bonchev–Trinajstić information content (AvgIpc) is 3.11. The van der Waals surface area contributed by atoms with Gasteiger partial charge in [-0.05, 0) is 17.0 Å². The molecule has 1 aliphatic heterocycles. The summed E-state index contributed by atoms with van der Waals surface area (Å²) in [7, 11) is 1.58. The lowest BCUT2D eigenvalue weighted by atomic mass is 10.1. The molecule has 1 aromatic heterocycles. The van der Waals surface area contributed by atoms with Crippen molar-refractivity contribution < 1.29 is 19.1 Å². The fraction of sp³-hybridized carbons (Fsp3) is 0.194. The molecule has 0 unspecified atom stereocenters. The lowest BCUT2D eigenvalue weighted by Gasteiger charge is -2.40. The van der Waals surface area contributed by atoms with E-state index in [1.165, 1.54) is 0 Å². The van der Waals surface area contributed by atoms with E-state index in [1.807, 2.05) is 95.9 Å². The normalized spacial score (nSPS) is 14.4. The van der Waals surface area contributed by atoms with Gasteiger partial charge in [0.15, 0.2) is 5.82 Å². The van der Waals surface area contributed by atoms with Crippen LogP contribution in [-0.2, 0) is 11.3 Å². The number of piperazine rings is 1. The molecule has 2 heterocycles. The van der Waals surface area contributed by atoms with Gasteiger partial charge in [0.25, 0.3) is 5.91 Å². The first kappa shape index (κ1) is 30.1. The Morgan fingerprint density at radius 1 is 0.935 bits per heavy atom. The number of benzene rings is 4. The number of carbonyl (C=O) groups is 2. The fourth-order valence-corrected chi connectivity index (χ4v) is 5.51. The summed E-state index contributed by atoms with van der Waals surface area (Å²) in [6, 6.07) is 33.7. The summed E-state index contributed by atoms with van der Waals surface area (Å²) in [6.07, 6.45) is -0.355. The summed E-state index contributed by atoms with van der Waals surface area (Å²) in [4.78, 5) is 39.9. The molecule has 10 nitrogen and oxygen atoms in total. The summed E-state index contributed by atoms with van der Waals surface area (Å²) < 4.78 is 11.1. The maximum Gasteiger partial charge on any atom is 0.410 e. The number of hydrogen-bond donors (Lipinski definition) is 1. The third-order valence-corrected chi connectivity index (χ3v) is 7.87. The molecule has 230 valence electrons. The lowest BCUT2D eigenvalue weighted by molar-refractivity contribution is 0.0768. The highest BCUT2D eigenvalue weighted by atomic mass is 16.6. The second-order valence-corrected chi connectivity index (χ2v) is 10.8. The summed E-state index contributed by atoms with van der Waals surface area (Å²) in [5.74, 6) is 1.12. The molecule has 0 radical (unpaired) electrons. The van der Waals surface area contributed by atoms with E-state index >= 15 is 0 Å². The van der Waals surface area contributed by atoms with Gasteiger partial charge in [-0.25, -0.2) is 14.8 Å². The standard InChI is InChI=1S/C36H32N6O4/c1-45-29-20-27-14-8-9-15-30(27)31(21-29)39-35(43)32-22-33(40-34(38-32)26-12-6-3-7-13-26)41-18-19-42(28(23-41)16-17-37)36(44)46-24-25-10-4-2-5-11-25/h2-15,20-22,28H,16,18-19,23-24H2,1H3,(H,39,43)/t28-/m0/s1. The summed E-state index contributed by atoms with van der Waals surface area (Å²) in [6.45, 7) is 1.23. The molecule has 0 saturated carbocycles. The smallest absolute Gasteiger partial charge is 0.410 e. The lowest BCUT2D eigenvalue weighted by Crippen LogP contribution is -2.55. The average molecular weight is 613 g/mol. The molecule has 2 amide bonds. The maximum atomic E-state index is 13.8. The van der Waals surface area contributed by atoms with Crippen molar-refractivity contribution in [3.05, 3.63) is 114 Å². The number of nitrogens with zero attached hydrogens (tertiary/aromatic N) is 5. The molecule has 1 aliphatic rings. The van der Waals surface area contributed by atoms with Crippen molar-refractivity contribution >= 4 is 34.3 Å². The predicted molar refractivity (Wildman–Crippen MR) is 175 cm³/mol. The molecule has 4 aromatic carbocycles. The van der Waals surface area contributed by atoms with E-state index in [0.717, 1.165) is 21.9 Å². The van der Waals surface area contributed by atoms with Crippen LogP contribution in [0.25, 0.3) is 22.2 Å². The number of anilines is 2. The van der Waals surface area contributed by atoms with Crippen LogP contribution < -0.4 is 15.0 Å². The number of rotatable bonds is 8. The van der Waals surface area contributed by atoms with Crippen LogP contribution in [-0.4, -0.2) is 59.7 Å². The van der Waals surface area contributed by atoms with E-state index in [1.54, 1.807) is 24.1 Å². The zero-order valence-corrected chi connectivity index (χ0v) is 25.3. The zero-order valence-electron chi connectivity index (χ0n) is 25.3. The molecule has 0 aliphatic carbocycles. The molecule has 1 N–H and O–H groups in total. The summed E-state index contributed by atoms with van der Waals surface area (Å²) >= 11 is 0. The van der Waals surface area contributed by atoms with Gasteiger partial charge in [0.1, 0.15) is 23.9 Å². The second kappa shape index (κ2) is 13.8. The Labute approximate surface area is 266 Å². The topological polar surface area (TPSA) is 121 Å². The van der Waals surface area contributed by atoms with Crippen molar-refractivity contribution in [3.63, 3.8) is 0 Å². The van der Waals surface area contributed by atoms with Crippen LogP contribution in [0.4, 0.5) is 16.3 Å². The highest BCUT2D eigenvalue weighted by Crippen LogP contribution is 2.30. The van der Waals surface area contributed by atoms with E-state index in [9.17, 15) is 14.9 Å². The summed E-state index contributed by atoms with van der Waals surface area (Å²) in [5.41, 5.74) is 2.41. The number of nitrogens with one attached hydrogen (secondary N) is 1. The molecule has 5 aromatic rings. The molecule has 1 saturated heterocycles. The van der Waals surface area contributed by atoms with Crippen LogP contribution in [0.15, 0.2) is 103 Å². The molecule has 0 bridgehead atoms. The molecule has 10 heteroatoms. The number of carbonyl (C=O) groups excluding carboxylic acids is 2. The highest BCUT2D eigenvalue weighted by molar-refractivity contribution is 6.09. The van der Waals surface area contributed by atoms with Crippen molar-refractivity contribution in [2.24, 2.45) is 0 Å². The first-order valence-electron chi connectivity index (χ1n) is 14.9. The van der Waals surface area contributed by atoms with Crippen molar-refractivity contribution in [1.29, 1.82) is 5.26 Å². The fourth-order valence-electron chi connectivity index (χ4n) is 5.51. The van der Waals surface area contributed by atoms with Gasteiger partial charge >= 0.3 is 6.09 Å². The first-order chi connectivity index (χ1) is 22.5. The molecule has 1 atom stereocenters. The number of nitriles is 1. The SMILES string of the molecule is COc1cc(NC(=O)c2cc(N3CCN(C(=O)OCc4ccccc4)[C@@H](CC#N)C3)nc(-c3ccccc3)n2)c2ccccc2c1. The Bertz CT molecular complexity index is 1890. The van der Waals surface area contributed by atoms with Gasteiger partial charge < -0.3 is 24.6 Å². The second-order valence-electron chi connectivity index (χ2n) is 10.8. The van der Waals surface area contributed by atoms with Crippen LogP contribution in [0, 0.1) is 11.3 Å². The van der Waals surface area contributed by atoms with Crippen molar-refractivity contribution in [2.75, 3.05) is 37.0 Å². The Hall–Kier alpha value is -5.95. The van der Waals surface area contributed by atoms with Gasteiger partial charge in [0, 0.05) is 42.7 Å². The van der Waals surface area contributed by atoms with E-state index in [2.05, 4.69) is 16.4 Å². The number of ether oxygens (including phenoxy) is 2. The van der Waals surface area contributed by atoms with Crippen LogP contribution in [0.1, 0.15) is 22.5 Å². The van der Waals surface area contributed by atoms with Gasteiger partial charge in [-0.1, -0.05) is 84.9 Å². The van der Waals surface area contributed by atoms with Gasteiger partial charge in [-0.2, -0.15) is 5.26 Å². The zero-order chi connectivity index (χ0) is 31.9. The third kappa shape index (κ3) is 6.74. The maximum absolute atomic E-state index is 13.8. The molecule has 6 rings (SSSR count). The van der Waals surface area contributed by atoms with E-state index in [4.69, 9.17) is 14.5 Å².